The molecule has 3 aromatic rings. The van der Waals surface area contributed by atoms with Crippen LogP contribution in [-0.4, -0.2) is 19.9 Å². The third-order valence-electron chi connectivity index (χ3n) is 3.13. The van der Waals surface area contributed by atoms with Gasteiger partial charge in [0.05, 0.1) is 10.6 Å². The summed E-state index contributed by atoms with van der Waals surface area (Å²) in [5.41, 5.74) is 3.96. The van der Waals surface area contributed by atoms with Crippen LogP contribution in [0.2, 0.25) is 0 Å². The lowest BCUT2D eigenvalue weighted by Gasteiger charge is -2.03. The number of nitrogens with zero attached hydrogens (tertiary/aromatic N) is 1. The van der Waals surface area contributed by atoms with Crippen LogP contribution >= 0.6 is 27.3 Å². The number of hydrogen-bond acceptors (Lipinski definition) is 3. The van der Waals surface area contributed by atoms with Gasteiger partial charge in [-0.1, -0.05) is 69.1 Å². The highest BCUT2D eigenvalue weighted by molar-refractivity contribution is 9.10. The Labute approximate surface area is 137 Å². The van der Waals surface area contributed by atoms with Crippen molar-refractivity contribution >= 4 is 45.7 Å². The minimum absolute atomic E-state index is 0.757. The van der Waals surface area contributed by atoms with Crippen molar-refractivity contribution in [3.05, 3.63) is 53.0 Å². The van der Waals surface area contributed by atoms with Gasteiger partial charge >= 0.3 is 0 Å². The highest BCUT2D eigenvalue weighted by atomic mass is 79.9. The molecule has 0 aliphatic carbocycles. The summed E-state index contributed by atoms with van der Waals surface area (Å²) in [6.07, 6.45) is 0. The summed E-state index contributed by atoms with van der Waals surface area (Å²) in [4.78, 5) is 5.83. The second-order valence-corrected chi connectivity index (χ2v) is 6.49. The molecule has 5 heteroatoms. The minimum Gasteiger partial charge on any atom is -0.365 e. The van der Waals surface area contributed by atoms with Gasteiger partial charge in [0, 0.05) is 17.1 Å². The largest absolute Gasteiger partial charge is 0.365 e. The zero-order valence-corrected chi connectivity index (χ0v) is 13.8. The molecule has 1 aromatic heterocycles. The molecule has 0 bridgehead atoms. The Morgan fingerprint density at radius 1 is 1.00 bits per heavy atom. The number of nitrogens with one attached hydrogen (secondary N) is 1. The highest BCUT2D eigenvalue weighted by Crippen LogP contribution is 2.38. The number of benzene rings is 2. The van der Waals surface area contributed by atoms with Crippen molar-refractivity contribution in [1.29, 1.82) is 0 Å². The van der Waals surface area contributed by atoms with Crippen LogP contribution in [0.25, 0.3) is 21.7 Å². The molecule has 0 saturated heterocycles. The van der Waals surface area contributed by atoms with Gasteiger partial charge in [0.15, 0.2) is 5.13 Å². The van der Waals surface area contributed by atoms with Gasteiger partial charge in [-0.15, -0.1) is 0 Å². The van der Waals surface area contributed by atoms with Crippen molar-refractivity contribution in [2.75, 3.05) is 12.4 Å². The Hall–Kier alpha value is -1.59. The molecule has 0 aliphatic rings. The summed E-state index contributed by atoms with van der Waals surface area (Å²) in [5.74, 6) is 0. The SMILES string of the molecule is [B]c1ccc(-c2nc(NC)sc2-c2ccc(Br)cc2)cc1. The molecule has 2 nitrogen and oxygen atoms in total. The standard InChI is InChI=1S/C16H12BBrN2S/c1-19-16-20-14(10-2-6-12(17)7-3-10)15(21-16)11-4-8-13(18)9-5-11/h2-9H,1H3,(H,19,20). The van der Waals surface area contributed by atoms with Gasteiger partial charge in [-0.2, -0.15) is 0 Å². The van der Waals surface area contributed by atoms with Crippen molar-refractivity contribution in [3.8, 4) is 21.7 Å². The van der Waals surface area contributed by atoms with Crippen LogP contribution in [0.1, 0.15) is 0 Å². The van der Waals surface area contributed by atoms with Gasteiger partial charge in [0.2, 0.25) is 0 Å². The van der Waals surface area contributed by atoms with E-state index in [-0.39, 0.29) is 0 Å². The first kappa shape index (κ1) is 14.4. The van der Waals surface area contributed by atoms with E-state index in [1.807, 2.05) is 43.4 Å². The molecule has 1 heterocycles. The van der Waals surface area contributed by atoms with Crippen LogP contribution in [0, 0.1) is 0 Å². The normalized spacial score (nSPS) is 10.6. The second kappa shape index (κ2) is 6.04. The third kappa shape index (κ3) is 3.04. The molecule has 0 unspecified atom stereocenters. The lowest BCUT2D eigenvalue weighted by molar-refractivity contribution is 1.36. The summed E-state index contributed by atoms with van der Waals surface area (Å²) in [6, 6.07) is 16.1. The first-order chi connectivity index (χ1) is 10.2. The van der Waals surface area contributed by atoms with E-state index in [2.05, 4.69) is 38.4 Å². The molecule has 21 heavy (non-hydrogen) atoms. The Bertz CT molecular complexity index is 688. The van der Waals surface area contributed by atoms with Crippen molar-refractivity contribution < 1.29 is 0 Å². The average Bonchev–Trinajstić information content (AvgIpc) is 2.93. The quantitative estimate of drug-likeness (QED) is 0.717. The minimum atomic E-state index is 0.757. The smallest absolute Gasteiger partial charge is 0.183 e. The fraction of sp³-hybridized carbons (Fsp3) is 0.0625. The Morgan fingerprint density at radius 3 is 2.24 bits per heavy atom. The van der Waals surface area contributed by atoms with Crippen LogP contribution in [0.15, 0.2) is 53.0 Å². The third-order valence-corrected chi connectivity index (χ3v) is 4.78. The first-order valence-corrected chi connectivity index (χ1v) is 8.09. The molecule has 0 saturated carbocycles. The fourth-order valence-corrected chi connectivity index (χ4v) is 3.27. The average molecular weight is 355 g/mol. The second-order valence-electron chi connectivity index (χ2n) is 4.58. The lowest BCUT2D eigenvalue weighted by atomic mass is 9.94. The summed E-state index contributed by atoms with van der Waals surface area (Å²) >= 11 is 5.12. The van der Waals surface area contributed by atoms with Crippen LogP contribution < -0.4 is 10.8 Å². The molecule has 1 N–H and O–H groups in total. The van der Waals surface area contributed by atoms with E-state index >= 15 is 0 Å². The van der Waals surface area contributed by atoms with E-state index in [1.165, 1.54) is 0 Å². The predicted octanol–water partition coefficient (Wildman–Crippen LogP) is 4.08. The van der Waals surface area contributed by atoms with Crippen molar-refractivity contribution in [2.45, 2.75) is 0 Å². The summed E-state index contributed by atoms with van der Waals surface area (Å²) in [5, 5.41) is 4.03. The van der Waals surface area contributed by atoms with Gasteiger partial charge in [-0.05, 0) is 17.7 Å². The van der Waals surface area contributed by atoms with Crippen LogP contribution in [-0.2, 0) is 0 Å². The maximum absolute atomic E-state index is 5.77. The monoisotopic (exact) mass is 354 g/mol. The Kier molecular flexibility index (Phi) is 4.13. The van der Waals surface area contributed by atoms with E-state index in [4.69, 9.17) is 7.85 Å². The number of rotatable bonds is 3. The molecular formula is C16H12BBrN2S. The van der Waals surface area contributed by atoms with Gasteiger partial charge in [0.25, 0.3) is 0 Å². The Morgan fingerprint density at radius 2 is 1.62 bits per heavy atom. The van der Waals surface area contributed by atoms with Crippen molar-refractivity contribution in [2.24, 2.45) is 0 Å². The molecule has 2 aromatic carbocycles. The zero-order valence-electron chi connectivity index (χ0n) is 11.4. The van der Waals surface area contributed by atoms with Crippen molar-refractivity contribution in [3.63, 3.8) is 0 Å². The van der Waals surface area contributed by atoms with Gasteiger partial charge < -0.3 is 5.32 Å². The molecule has 0 spiro atoms. The number of anilines is 1. The molecule has 3 rings (SSSR count). The number of thiazole rings is 1. The van der Waals surface area contributed by atoms with Crippen molar-refractivity contribution in [1.82, 2.24) is 4.98 Å². The number of halogens is 1. The summed E-state index contributed by atoms with van der Waals surface area (Å²) in [6.45, 7) is 0. The zero-order chi connectivity index (χ0) is 14.8. The summed E-state index contributed by atoms with van der Waals surface area (Å²) < 4.78 is 1.07. The Balaban J connectivity index is 2.13. The molecule has 0 amide bonds. The molecule has 102 valence electrons. The molecule has 0 fully saturated rings. The van der Waals surface area contributed by atoms with E-state index in [9.17, 15) is 0 Å². The van der Waals surface area contributed by atoms with Gasteiger partial charge in [-0.25, -0.2) is 4.98 Å². The predicted molar refractivity (Wildman–Crippen MR) is 95.6 cm³/mol. The van der Waals surface area contributed by atoms with Gasteiger partial charge in [-0.3, -0.25) is 0 Å². The van der Waals surface area contributed by atoms with Crippen LogP contribution in [0.3, 0.4) is 0 Å². The van der Waals surface area contributed by atoms with E-state index in [0.717, 1.165) is 36.8 Å². The maximum atomic E-state index is 5.77. The molecule has 0 aliphatic heterocycles. The van der Waals surface area contributed by atoms with Gasteiger partial charge in [0.1, 0.15) is 7.85 Å². The van der Waals surface area contributed by atoms with E-state index in [1.54, 1.807) is 11.3 Å². The summed E-state index contributed by atoms with van der Waals surface area (Å²) in [7, 11) is 7.65. The highest BCUT2D eigenvalue weighted by Gasteiger charge is 2.14. The first-order valence-electron chi connectivity index (χ1n) is 6.48. The molecule has 2 radical (unpaired) electrons. The molecule has 0 atom stereocenters. The number of hydrogen-bond donors (Lipinski definition) is 1. The van der Waals surface area contributed by atoms with E-state index < -0.39 is 0 Å². The van der Waals surface area contributed by atoms with Crippen LogP contribution in [0.5, 0.6) is 0 Å². The van der Waals surface area contributed by atoms with E-state index in [0.29, 0.717) is 0 Å². The maximum Gasteiger partial charge on any atom is 0.183 e. The fourth-order valence-electron chi connectivity index (χ4n) is 2.06. The number of aromatic nitrogens is 1. The molecular weight excluding hydrogens is 343 g/mol. The lowest BCUT2D eigenvalue weighted by Crippen LogP contribution is -1.99. The van der Waals surface area contributed by atoms with Crippen LogP contribution in [0.4, 0.5) is 5.13 Å². The topological polar surface area (TPSA) is 24.9 Å².